The Labute approximate surface area is 131 Å². The fourth-order valence-electron chi connectivity index (χ4n) is 2.61. The first-order valence-electron chi connectivity index (χ1n) is 7.57. The van der Waals surface area contributed by atoms with Gasteiger partial charge in [0.2, 0.25) is 5.91 Å². The molecule has 1 aromatic rings. The molecule has 1 aromatic carbocycles. The minimum atomic E-state index is -0.191. The van der Waals surface area contributed by atoms with Crippen LogP contribution in [0.5, 0.6) is 5.75 Å². The fraction of sp³-hybridized carbons (Fsp3) is 0.562. The highest BCUT2D eigenvalue weighted by atomic mass is 16.5. The molecule has 1 heterocycles. The standard InChI is InChI=1S/C16H25N3O3/c1-21-14-5-3-4-13(10-14)18-6-8-19(9-7-18)16(20)11-15(12-17)22-2/h3-5,10,15H,6-9,11-12,17H2,1-2H3. The van der Waals surface area contributed by atoms with Crippen LogP contribution in [-0.2, 0) is 9.53 Å². The Hall–Kier alpha value is -1.79. The van der Waals surface area contributed by atoms with Crippen molar-refractivity contribution in [1.82, 2.24) is 4.90 Å². The third kappa shape index (κ3) is 4.11. The number of carbonyl (C=O) groups is 1. The number of anilines is 1. The molecule has 0 bridgehead atoms. The van der Waals surface area contributed by atoms with Crippen molar-refractivity contribution < 1.29 is 14.3 Å². The topological polar surface area (TPSA) is 68.0 Å². The van der Waals surface area contributed by atoms with Crippen LogP contribution in [0.4, 0.5) is 5.69 Å². The highest BCUT2D eigenvalue weighted by Gasteiger charge is 2.23. The second-order valence-electron chi connectivity index (χ2n) is 5.37. The molecule has 1 atom stereocenters. The number of hydrogen-bond acceptors (Lipinski definition) is 5. The SMILES string of the molecule is COc1cccc(N2CCN(C(=O)CC(CN)OC)CC2)c1. The summed E-state index contributed by atoms with van der Waals surface area (Å²) in [7, 11) is 3.25. The summed E-state index contributed by atoms with van der Waals surface area (Å²) in [5.41, 5.74) is 6.70. The molecule has 1 fully saturated rings. The van der Waals surface area contributed by atoms with Crippen LogP contribution in [0.3, 0.4) is 0 Å². The largest absolute Gasteiger partial charge is 0.497 e. The molecule has 1 aliphatic heterocycles. The van der Waals surface area contributed by atoms with E-state index in [9.17, 15) is 4.79 Å². The molecule has 1 aliphatic rings. The minimum absolute atomic E-state index is 0.114. The molecule has 122 valence electrons. The van der Waals surface area contributed by atoms with E-state index in [0.717, 1.165) is 37.6 Å². The first-order valence-corrected chi connectivity index (χ1v) is 7.57. The Balaban J connectivity index is 1.88. The number of carbonyl (C=O) groups excluding carboxylic acids is 1. The Morgan fingerprint density at radius 1 is 1.27 bits per heavy atom. The van der Waals surface area contributed by atoms with Gasteiger partial charge in [-0.05, 0) is 12.1 Å². The minimum Gasteiger partial charge on any atom is -0.497 e. The molecule has 22 heavy (non-hydrogen) atoms. The van der Waals surface area contributed by atoms with Crippen LogP contribution in [-0.4, -0.2) is 63.9 Å². The molecule has 1 unspecified atom stereocenters. The third-order valence-electron chi connectivity index (χ3n) is 4.05. The van der Waals surface area contributed by atoms with Crippen LogP contribution in [0.1, 0.15) is 6.42 Å². The summed E-state index contributed by atoms with van der Waals surface area (Å²) in [5, 5.41) is 0. The van der Waals surface area contributed by atoms with Crippen LogP contribution in [0, 0.1) is 0 Å². The van der Waals surface area contributed by atoms with Gasteiger partial charge in [-0.1, -0.05) is 6.07 Å². The number of rotatable bonds is 6. The molecule has 6 nitrogen and oxygen atoms in total. The zero-order chi connectivity index (χ0) is 15.9. The Bertz CT molecular complexity index is 483. The maximum atomic E-state index is 12.2. The summed E-state index contributed by atoms with van der Waals surface area (Å²) in [5.74, 6) is 0.962. The van der Waals surface area contributed by atoms with Gasteiger partial charge in [-0.2, -0.15) is 0 Å². The van der Waals surface area contributed by atoms with E-state index in [-0.39, 0.29) is 12.0 Å². The molecule has 0 aromatic heterocycles. The lowest BCUT2D eigenvalue weighted by Crippen LogP contribution is -2.49. The second-order valence-corrected chi connectivity index (χ2v) is 5.37. The van der Waals surface area contributed by atoms with E-state index in [2.05, 4.69) is 11.0 Å². The molecule has 2 N–H and O–H groups in total. The lowest BCUT2D eigenvalue weighted by Gasteiger charge is -2.36. The Morgan fingerprint density at radius 3 is 2.59 bits per heavy atom. The van der Waals surface area contributed by atoms with Crippen LogP contribution >= 0.6 is 0 Å². The van der Waals surface area contributed by atoms with E-state index in [0.29, 0.717) is 13.0 Å². The quantitative estimate of drug-likeness (QED) is 0.838. The third-order valence-corrected chi connectivity index (χ3v) is 4.05. The van der Waals surface area contributed by atoms with Gasteiger partial charge < -0.3 is 25.0 Å². The average Bonchev–Trinajstić information content (AvgIpc) is 2.59. The predicted octanol–water partition coefficient (Wildman–Crippen LogP) is 0.708. The van der Waals surface area contributed by atoms with Crippen molar-refractivity contribution in [2.24, 2.45) is 5.73 Å². The van der Waals surface area contributed by atoms with Gasteiger partial charge in [0.25, 0.3) is 0 Å². The summed E-state index contributed by atoms with van der Waals surface area (Å²) in [6, 6.07) is 8.00. The molecule has 0 spiro atoms. The first-order chi connectivity index (χ1) is 10.7. The van der Waals surface area contributed by atoms with Crippen LogP contribution in [0.15, 0.2) is 24.3 Å². The molecule has 2 rings (SSSR count). The number of nitrogens with two attached hydrogens (primary N) is 1. The zero-order valence-electron chi connectivity index (χ0n) is 13.3. The fourth-order valence-corrected chi connectivity index (χ4v) is 2.61. The van der Waals surface area contributed by atoms with E-state index in [1.807, 2.05) is 23.1 Å². The average molecular weight is 307 g/mol. The van der Waals surface area contributed by atoms with Gasteiger partial charge in [0.1, 0.15) is 5.75 Å². The smallest absolute Gasteiger partial charge is 0.225 e. The summed E-state index contributed by atoms with van der Waals surface area (Å²) in [6.07, 6.45) is 0.163. The highest BCUT2D eigenvalue weighted by Crippen LogP contribution is 2.22. The van der Waals surface area contributed by atoms with Gasteiger partial charge in [-0.25, -0.2) is 0 Å². The van der Waals surface area contributed by atoms with Crippen molar-refractivity contribution in [3.8, 4) is 5.75 Å². The van der Waals surface area contributed by atoms with Crippen molar-refractivity contribution in [3.05, 3.63) is 24.3 Å². The van der Waals surface area contributed by atoms with Gasteiger partial charge in [0, 0.05) is 51.6 Å². The Morgan fingerprint density at radius 2 is 2.00 bits per heavy atom. The number of piperazine rings is 1. The van der Waals surface area contributed by atoms with Gasteiger partial charge in [-0.15, -0.1) is 0 Å². The summed E-state index contributed by atoms with van der Waals surface area (Å²) < 4.78 is 10.4. The number of hydrogen-bond donors (Lipinski definition) is 1. The van der Waals surface area contributed by atoms with Crippen LogP contribution in [0.2, 0.25) is 0 Å². The lowest BCUT2D eigenvalue weighted by molar-refractivity contribution is -0.133. The van der Waals surface area contributed by atoms with Crippen molar-refractivity contribution in [3.63, 3.8) is 0 Å². The number of methoxy groups -OCH3 is 2. The number of nitrogens with zero attached hydrogens (tertiary/aromatic N) is 2. The summed E-state index contributed by atoms with van der Waals surface area (Å²) >= 11 is 0. The van der Waals surface area contributed by atoms with E-state index >= 15 is 0 Å². The van der Waals surface area contributed by atoms with E-state index in [4.69, 9.17) is 15.2 Å². The van der Waals surface area contributed by atoms with Gasteiger partial charge in [0.15, 0.2) is 0 Å². The monoisotopic (exact) mass is 307 g/mol. The van der Waals surface area contributed by atoms with Crippen LogP contribution < -0.4 is 15.4 Å². The maximum absolute atomic E-state index is 12.2. The van der Waals surface area contributed by atoms with E-state index < -0.39 is 0 Å². The second kappa shape index (κ2) is 8.00. The molecule has 6 heteroatoms. The molecular formula is C16H25N3O3. The summed E-state index contributed by atoms with van der Waals surface area (Å²) in [6.45, 7) is 3.44. The van der Waals surface area contributed by atoms with E-state index in [1.54, 1.807) is 14.2 Å². The summed E-state index contributed by atoms with van der Waals surface area (Å²) in [4.78, 5) is 16.4. The Kier molecular flexibility index (Phi) is 6.03. The molecule has 0 saturated carbocycles. The maximum Gasteiger partial charge on any atom is 0.225 e. The molecule has 0 radical (unpaired) electrons. The number of benzene rings is 1. The van der Waals surface area contributed by atoms with Gasteiger partial charge in [-0.3, -0.25) is 4.79 Å². The van der Waals surface area contributed by atoms with Gasteiger partial charge in [0.05, 0.1) is 19.6 Å². The molecule has 1 saturated heterocycles. The van der Waals surface area contributed by atoms with Crippen molar-refractivity contribution >= 4 is 11.6 Å². The molecule has 0 aliphatic carbocycles. The highest BCUT2D eigenvalue weighted by molar-refractivity contribution is 5.77. The van der Waals surface area contributed by atoms with Crippen molar-refractivity contribution in [1.29, 1.82) is 0 Å². The predicted molar refractivity (Wildman–Crippen MR) is 86.3 cm³/mol. The van der Waals surface area contributed by atoms with E-state index in [1.165, 1.54) is 0 Å². The van der Waals surface area contributed by atoms with Crippen molar-refractivity contribution in [2.45, 2.75) is 12.5 Å². The number of ether oxygens (including phenoxy) is 2. The van der Waals surface area contributed by atoms with Gasteiger partial charge >= 0.3 is 0 Å². The van der Waals surface area contributed by atoms with Crippen molar-refractivity contribution in [2.75, 3.05) is 51.8 Å². The zero-order valence-corrected chi connectivity index (χ0v) is 13.3. The number of amides is 1. The lowest BCUT2D eigenvalue weighted by atomic mass is 10.2. The first kappa shape index (κ1) is 16.6. The normalized spacial score (nSPS) is 16.5. The molecular weight excluding hydrogens is 282 g/mol. The van der Waals surface area contributed by atoms with Crippen LogP contribution in [0.25, 0.3) is 0 Å². The molecule has 1 amide bonds.